The third kappa shape index (κ3) is 3.20. The molecule has 1 atom stereocenters. The lowest BCUT2D eigenvalue weighted by Gasteiger charge is -2.09. The number of nitrogens with zero attached hydrogens (tertiary/aromatic N) is 1. The molecule has 1 rings (SSSR count). The predicted octanol–water partition coefficient (Wildman–Crippen LogP) is 1.39. The maximum atomic E-state index is 12.1. The van der Waals surface area contributed by atoms with Crippen molar-refractivity contribution in [1.29, 1.82) is 0 Å². The van der Waals surface area contributed by atoms with E-state index in [0.717, 1.165) is 18.3 Å². The Morgan fingerprint density at radius 2 is 2.12 bits per heavy atom. The number of nitrogens with one attached hydrogen (secondary N) is 1. The van der Waals surface area contributed by atoms with Crippen LogP contribution in [0.3, 0.4) is 0 Å². The fourth-order valence-corrected chi connectivity index (χ4v) is 0.892. The van der Waals surface area contributed by atoms with E-state index >= 15 is 0 Å². The summed E-state index contributed by atoms with van der Waals surface area (Å²) in [6, 6.07) is 1.18. The lowest BCUT2D eigenvalue weighted by molar-refractivity contribution is -0.141. The number of aromatic nitrogens is 1. The largest absolute Gasteiger partial charge is 0.433 e. The van der Waals surface area contributed by atoms with Crippen LogP contribution in [-0.4, -0.2) is 16.9 Å². The van der Waals surface area contributed by atoms with Gasteiger partial charge in [-0.2, -0.15) is 13.2 Å². The summed E-state index contributed by atoms with van der Waals surface area (Å²) in [5, 5.41) is 2.33. The van der Waals surface area contributed by atoms with Gasteiger partial charge in [-0.1, -0.05) is 0 Å². The molecule has 0 radical (unpaired) electrons. The fraction of sp³-hybridized carbons (Fsp3) is 0.333. The number of amides is 1. The lowest BCUT2D eigenvalue weighted by Crippen LogP contribution is -2.32. The standard InChI is InChI=1S/C9H10F3N3O/c1-5(13)8(16)15-6-2-3-7(14-4-6)9(10,11)12/h2-5H,13H2,1H3,(H,15,16)/t5-/m1/s1. The van der Waals surface area contributed by atoms with Crippen LogP contribution in [0.15, 0.2) is 18.3 Å². The number of carbonyl (C=O) groups excluding carboxylic acids is 1. The van der Waals surface area contributed by atoms with Crippen LogP contribution in [0.25, 0.3) is 0 Å². The molecule has 0 unspecified atom stereocenters. The topological polar surface area (TPSA) is 68.0 Å². The molecule has 4 nitrogen and oxygen atoms in total. The van der Waals surface area contributed by atoms with Crippen molar-refractivity contribution in [3.8, 4) is 0 Å². The molecule has 0 aromatic carbocycles. The van der Waals surface area contributed by atoms with Crippen molar-refractivity contribution in [2.45, 2.75) is 19.1 Å². The van der Waals surface area contributed by atoms with Gasteiger partial charge in [-0.15, -0.1) is 0 Å². The Bertz CT molecular complexity index is 373. The average Bonchev–Trinajstić information content (AvgIpc) is 2.17. The van der Waals surface area contributed by atoms with Crippen molar-refractivity contribution in [1.82, 2.24) is 4.98 Å². The maximum Gasteiger partial charge on any atom is 0.433 e. The summed E-state index contributed by atoms with van der Waals surface area (Å²) >= 11 is 0. The van der Waals surface area contributed by atoms with E-state index in [1.807, 2.05) is 0 Å². The Kier molecular flexibility index (Phi) is 3.48. The highest BCUT2D eigenvalue weighted by atomic mass is 19.4. The number of halogens is 3. The van der Waals surface area contributed by atoms with Crippen LogP contribution in [0.5, 0.6) is 0 Å². The first kappa shape index (κ1) is 12.4. The molecule has 1 heterocycles. The third-order valence-electron chi connectivity index (χ3n) is 1.74. The van der Waals surface area contributed by atoms with Crippen LogP contribution >= 0.6 is 0 Å². The summed E-state index contributed by atoms with van der Waals surface area (Å²) in [7, 11) is 0. The quantitative estimate of drug-likeness (QED) is 0.811. The van der Waals surface area contributed by atoms with Crippen LogP contribution in [0, 0.1) is 0 Å². The smallest absolute Gasteiger partial charge is 0.323 e. The third-order valence-corrected chi connectivity index (χ3v) is 1.74. The zero-order valence-corrected chi connectivity index (χ0v) is 8.38. The molecule has 1 amide bonds. The van der Waals surface area contributed by atoms with Crippen LogP contribution < -0.4 is 11.1 Å². The van der Waals surface area contributed by atoms with E-state index in [1.165, 1.54) is 6.92 Å². The first-order chi connectivity index (χ1) is 7.30. The maximum absolute atomic E-state index is 12.1. The number of hydrogen-bond acceptors (Lipinski definition) is 3. The highest BCUT2D eigenvalue weighted by Gasteiger charge is 2.32. The molecule has 0 aliphatic carbocycles. The van der Waals surface area contributed by atoms with E-state index in [1.54, 1.807) is 0 Å². The first-order valence-electron chi connectivity index (χ1n) is 4.40. The summed E-state index contributed by atoms with van der Waals surface area (Å²) in [5.41, 5.74) is 4.44. The van der Waals surface area contributed by atoms with Gasteiger partial charge in [-0.3, -0.25) is 4.79 Å². The van der Waals surface area contributed by atoms with Gasteiger partial charge in [0.2, 0.25) is 5.91 Å². The van der Waals surface area contributed by atoms with Crippen LogP contribution in [0.2, 0.25) is 0 Å². The first-order valence-corrected chi connectivity index (χ1v) is 4.40. The highest BCUT2D eigenvalue weighted by molar-refractivity contribution is 5.94. The van der Waals surface area contributed by atoms with Gasteiger partial charge < -0.3 is 11.1 Å². The number of hydrogen-bond donors (Lipinski definition) is 2. The molecule has 3 N–H and O–H groups in total. The van der Waals surface area contributed by atoms with Gasteiger partial charge in [0.1, 0.15) is 5.69 Å². The van der Waals surface area contributed by atoms with Crippen molar-refractivity contribution < 1.29 is 18.0 Å². The Hall–Kier alpha value is -1.63. The predicted molar refractivity (Wildman–Crippen MR) is 51.5 cm³/mol. The molecule has 1 aromatic rings. The normalized spacial score (nSPS) is 13.3. The van der Waals surface area contributed by atoms with Crippen LogP contribution in [0.1, 0.15) is 12.6 Å². The molecule has 0 saturated heterocycles. The van der Waals surface area contributed by atoms with Gasteiger partial charge in [0.05, 0.1) is 17.9 Å². The number of pyridine rings is 1. The molecule has 0 aliphatic rings. The monoisotopic (exact) mass is 233 g/mol. The molecule has 0 bridgehead atoms. The molecule has 88 valence electrons. The van der Waals surface area contributed by atoms with Crippen LogP contribution in [-0.2, 0) is 11.0 Å². The SMILES string of the molecule is C[C@@H](N)C(=O)Nc1ccc(C(F)(F)F)nc1. The Balaban J connectivity index is 2.76. The second-order valence-corrected chi connectivity index (χ2v) is 3.21. The summed E-state index contributed by atoms with van der Waals surface area (Å²) in [5.74, 6) is -0.485. The second-order valence-electron chi connectivity index (χ2n) is 3.21. The van der Waals surface area contributed by atoms with Gasteiger partial charge in [-0.05, 0) is 19.1 Å². The van der Waals surface area contributed by atoms with Crippen molar-refractivity contribution >= 4 is 11.6 Å². The Morgan fingerprint density at radius 3 is 2.50 bits per heavy atom. The minimum absolute atomic E-state index is 0.176. The number of alkyl halides is 3. The van der Waals surface area contributed by atoms with Gasteiger partial charge >= 0.3 is 6.18 Å². The Labute approximate surface area is 89.7 Å². The van der Waals surface area contributed by atoms with E-state index < -0.39 is 23.8 Å². The molecular formula is C9H10F3N3O. The summed E-state index contributed by atoms with van der Waals surface area (Å²) in [4.78, 5) is 14.3. The Morgan fingerprint density at radius 1 is 1.50 bits per heavy atom. The molecular weight excluding hydrogens is 223 g/mol. The zero-order valence-electron chi connectivity index (χ0n) is 8.38. The molecule has 0 spiro atoms. The molecule has 0 aliphatic heterocycles. The molecule has 0 fully saturated rings. The fourth-order valence-electron chi connectivity index (χ4n) is 0.892. The van der Waals surface area contributed by atoms with E-state index in [9.17, 15) is 18.0 Å². The van der Waals surface area contributed by atoms with Gasteiger partial charge in [0, 0.05) is 0 Å². The number of carbonyl (C=O) groups is 1. The molecule has 16 heavy (non-hydrogen) atoms. The van der Waals surface area contributed by atoms with Gasteiger partial charge in [0.15, 0.2) is 0 Å². The number of rotatable bonds is 2. The summed E-state index contributed by atoms with van der Waals surface area (Å²) < 4.78 is 36.4. The van der Waals surface area contributed by atoms with Crippen molar-refractivity contribution in [2.24, 2.45) is 5.73 Å². The van der Waals surface area contributed by atoms with Crippen molar-refractivity contribution in [2.75, 3.05) is 5.32 Å². The van der Waals surface area contributed by atoms with E-state index in [0.29, 0.717) is 0 Å². The van der Waals surface area contributed by atoms with Crippen molar-refractivity contribution in [3.63, 3.8) is 0 Å². The zero-order chi connectivity index (χ0) is 12.3. The summed E-state index contributed by atoms with van der Waals surface area (Å²) in [6.07, 6.45) is -3.55. The van der Waals surface area contributed by atoms with Crippen molar-refractivity contribution in [3.05, 3.63) is 24.0 Å². The summed E-state index contributed by atoms with van der Waals surface area (Å²) in [6.45, 7) is 1.47. The second kappa shape index (κ2) is 4.48. The van der Waals surface area contributed by atoms with E-state index in [4.69, 9.17) is 5.73 Å². The van der Waals surface area contributed by atoms with Crippen LogP contribution in [0.4, 0.5) is 18.9 Å². The van der Waals surface area contributed by atoms with E-state index in [-0.39, 0.29) is 5.69 Å². The van der Waals surface area contributed by atoms with Gasteiger partial charge in [0.25, 0.3) is 0 Å². The molecule has 0 saturated carbocycles. The lowest BCUT2D eigenvalue weighted by atomic mass is 10.3. The number of anilines is 1. The number of nitrogens with two attached hydrogens (primary N) is 1. The minimum atomic E-state index is -4.48. The molecule has 1 aromatic heterocycles. The molecule has 7 heteroatoms. The average molecular weight is 233 g/mol. The van der Waals surface area contributed by atoms with Gasteiger partial charge in [-0.25, -0.2) is 4.98 Å². The highest BCUT2D eigenvalue weighted by Crippen LogP contribution is 2.27. The minimum Gasteiger partial charge on any atom is -0.323 e. The van der Waals surface area contributed by atoms with E-state index in [2.05, 4.69) is 10.3 Å².